The van der Waals surface area contributed by atoms with Crippen molar-refractivity contribution in [3.63, 3.8) is 0 Å². The quantitative estimate of drug-likeness (QED) is 0.849. The average Bonchev–Trinajstić information content (AvgIpc) is 2.86. The lowest BCUT2D eigenvalue weighted by molar-refractivity contribution is -0.0174. The first-order chi connectivity index (χ1) is 14.0. The Labute approximate surface area is 168 Å². The van der Waals surface area contributed by atoms with Gasteiger partial charge in [0.2, 0.25) is 11.9 Å². The zero-order valence-electron chi connectivity index (χ0n) is 16.3. The molecule has 6 nitrogen and oxygen atoms in total. The first kappa shape index (κ1) is 19.8. The molecule has 0 bridgehead atoms. The predicted octanol–water partition coefficient (Wildman–Crippen LogP) is 2.84. The van der Waals surface area contributed by atoms with Crippen LogP contribution in [0.15, 0.2) is 41.2 Å². The van der Waals surface area contributed by atoms with E-state index in [0.717, 1.165) is 5.56 Å². The molecule has 4 rings (SSSR count). The van der Waals surface area contributed by atoms with E-state index in [9.17, 15) is 13.6 Å². The maximum absolute atomic E-state index is 14.4. The van der Waals surface area contributed by atoms with Gasteiger partial charge in [-0.15, -0.1) is 0 Å². The van der Waals surface area contributed by atoms with Crippen molar-refractivity contribution >= 4 is 11.8 Å². The molecule has 0 amide bonds. The monoisotopic (exact) mass is 404 g/mol. The molecule has 0 saturated carbocycles. The zero-order valence-corrected chi connectivity index (χ0v) is 16.3. The SMILES string of the molecule is O=c1cc(N2CCOCC2)nc(N2CCCC(F)(F)C[C@@H]2Cc2ccccc2)[nH]1. The third-order valence-corrected chi connectivity index (χ3v) is 5.55. The first-order valence-electron chi connectivity index (χ1n) is 10.1. The summed E-state index contributed by atoms with van der Waals surface area (Å²) >= 11 is 0. The van der Waals surface area contributed by atoms with E-state index in [1.165, 1.54) is 6.07 Å². The summed E-state index contributed by atoms with van der Waals surface area (Å²) in [5.41, 5.74) is 0.720. The molecule has 1 N–H and O–H groups in total. The van der Waals surface area contributed by atoms with Gasteiger partial charge in [0.15, 0.2) is 0 Å². The van der Waals surface area contributed by atoms with Crippen LogP contribution in [0, 0.1) is 0 Å². The lowest BCUT2D eigenvalue weighted by atomic mass is 9.99. The Balaban J connectivity index is 1.66. The van der Waals surface area contributed by atoms with Crippen LogP contribution >= 0.6 is 0 Å². The number of ether oxygens (including phenoxy) is 1. The molecule has 156 valence electrons. The largest absolute Gasteiger partial charge is 0.378 e. The molecular formula is C21H26F2N4O2. The molecule has 2 fully saturated rings. The van der Waals surface area contributed by atoms with Crippen molar-refractivity contribution in [3.8, 4) is 0 Å². The molecule has 0 spiro atoms. The Morgan fingerprint density at radius 2 is 1.93 bits per heavy atom. The summed E-state index contributed by atoms with van der Waals surface area (Å²) < 4.78 is 34.2. The van der Waals surface area contributed by atoms with Gasteiger partial charge in [0.1, 0.15) is 5.82 Å². The molecule has 0 unspecified atom stereocenters. The van der Waals surface area contributed by atoms with Gasteiger partial charge in [-0.2, -0.15) is 4.98 Å². The van der Waals surface area contributed by atoms with Crippen LogP contribution in [-0.4, -0.2) is 54.8 Å². The van der Waals surface area contributed by atoms with Crippen LogP contribution in [0.3, 0.4) is 0 Å². The van der Waals surface area contributed by atoms with Gasteiger partial charge in [-0.25, -0.2) is 8.78 Å². The summed E-state index contributed by atoms with van der Waals surface area (Å²) in [6, 6.07) is 10.6. The number of aromatic nitrogens is 2. The van der Waals surface area contributed by atoms with Gasteiger partial charge in [-0.1, -0.05) is 30.3 Å². The lowest BCUT2D eigenvalue weighted by Crippen LogP contribution is -2.42. The van der Waals surface area contributed by atoms with Crippen molar-refractivity contribution in [3.05, 3.63) is 52.3 Å². The second-order valence-corrected chi connectivity index (χ2v) is 7.73. The summed E-state index contributed by atoms with van der Waals surface area (Å²) in [4.78, 5) is 23.6. The van der Waals surface area contributed by atoms with Crippen LogP contribution < -0.4 is 15.4 Å². The van der Waals surface area contributed by atoms with Crippen LogP contribution in [0.2, 0.25) is 0 Å². The van der Waals surface area contributed by atoms with Gasteiger partial charge in [-0.05, 0) is 18.4 Å². The fraction of sp³-hybridized carbons (Fsp3) is 0.524. The van der Waals surface area contributed by atoms with Crippen LogP contribution in [-0.2, 0) is 11.2 Å². The van der Waals surface area contributed by atoms with Crippen LogP contribution in [0.4, 0.5) is 20.5 Å². The number of aromatic amines is 1. The standard InChI is InChI=1S/C21H26F2N4O2/c22-21(23)7-4-8-27(17(15-21)13-16-5-2-1-3-6-16)20-24-18(14-19(28)25-20)26-9-11-29-12-10-26/h1-3,5-6,14,17H,4,7-13,15H2,(H,24,25,28)/t17-/m0/s1. The number of nitrogens with one attached hydrogen (secondary N) is 1. The van der Waals surface area contributed by atoms with Crippen LogP contribution in [0.5, 0.6) is 0 Å². The molecule has 29 heavy (non-hydrogen) atoms. The number of anilines is 2. The molecule has 2 aliphatic heterocycles. The smallest absolute Gasteiger partial charge is 0.254 e. The number of alkyl halides is 2. The summed E-state index contributed by atoms with van der Waals surface area (Å²) in [6.45, 7) is 2.90. The number of H-pyrrole nitrogens is 1. The van der Waals surface area contributed by atoms with Gasteiger partial charge in [0.05, 0.1) is 13.2 Å². The maximum Gasteiger partial charge on any atom is 0.254 e. The van der Waals surface area contributed by atoms with Crippen molar-refractivity contribution in [2.75, 3.05) is 42.6 Å². The predicted molar refractivity (Wildman–Crippen MR) is 108 cm³/mol. The van der Waals surface area contributed by atoms with Crippen molar-refractivity contribution in [1.29, 1.82) is 0 Å². The fourth-order valence-electron chi connectivity index (χ4n) is 4.12. The van der Waals surface area contributed by atoms with Gasteiger partial charge in [0, 0.05) is 44.6 Å². The lowest BCUT2D eigenvalue weighted by Gasteiger charge is -2.33. The van der Waals surface area contributed by atoms with E-state index < -0.39 is 12.0 Å². The number of rotatable bonds is 4. The van der Waals surface area contributed by atoms with E-state index in [0.29, 0.717) is 57.5 Å². The number of benzene rings is 1. The van der Waals surface area contributed by atoms with Crippen molar-refractivity contribution in [2.24, 2.45) is 0 Å². The molecule has 0 radical (unpaired) electrons. The number of hydrogen-bond donors (Lipinski definition) is 1. The average molecular weight is 404 g/mol. The van der Waals surface area contributed by atoms with Gasteiger partial charge in [0.25, 0.3) is 5.56 Å². The van der Waals surface area contributed by atoms with E-state index in [1.807, 2.05) is 40.1 Å². The van der Waals surface area contributed by atoms with E-state index in [1.54, 1.807) is 0 Å². The van der Waals surface area contributed by atoms with Crippen LogP contribution in [0.25, 0.3) is 0 Å². The Hall–Kier alpha value is -2.48. The summed E-state index contributed by atoms with van der Waals surface area (Å²) in [6.07, 6.45) is 0.418. The Bertz CT molecular complexity index is 868. The molecule has 2 aliphatic rings. The van der Waals surface area contributed by atoms with Gasteiger partial charge < -0.3 is 14.5 Å². The molecule has 3 heterocycles. The van der Waals surface area contributed by atoms with E-state index in [4.69, 9.17) is 4.74 Å². The second kappa shape index (κ2) is 8.49. The Kier molecular flexibility index (Phi) is 5.80. The molecule has 1 aromatic heterocycles. The summed E-state index contributed by atoms with van der Waals surface area (Å²) in [5.74, 6) is -1.78. The van der Waals surface area contributed by atoms with Gasteiger partial charge in [-0.3, -0.25) is 9.78 Å². The molecule has 8 heteroatoms. The van der Waals surface area contributed by atoms with Gasteiger partial charge >= 0.3 is 0 Å². The Morgan fingerprint density at radius 3 is 2.69 bits per heavy atom. The third-order valence-electron chi connectivity index (χ3n) is 5.55. The summed E-state index contributed by atoms with van der Waals surface area (Å²) in [5, 5.41) is 0. The minimum atomic E-state index is -2.73. The number of halogens is 2. The Morgan fingerprint density at radius 1 is 1.17 bits per heavy atom. The normalized spacial score (nSPS) is 22.3. The highest BCUT2D eigenvalue weighted by atomic mass is 19.3. The van der Waals surface area contributed by atoms with Crippen LogP contribution in [0.1, 0.15) is 24.8 Å². The molecule has 1 atom stereocenters. The molecule has 2 aromatic rings. The fourth-order valence-corrected chi connectivity index (χ4v) is 4.12. The van der Waals surface area contributed by atoms with E-state index in [2.05, 4.69) is 9.97 Å². The number of morpholine rings is 1. The minimum Gasteiger partial charge on any atom is -0.378 e. The highest BCUT2D eigenvalue weighted by molar-refractivity contribution is 5.45. The molecular weight excluding hydrogens is 378 g/mol. The third kappa shape index (κ3) is 4.93. The van der Waals surface area contributed by atoms with E-state index in [-0.39, 0.29) is 18.4 Å². The summed E-state index contributed by atoms with van der Waals surface area (Å²) in [7, 11) is 0. The zero-order chi connectivity index (χ0) is 20.3. The highest BCUT2D eigenvalue weighted by Crippen LogP contribution is 2.34. The first-order valence-corrected chi connectivity index (χ1v) is 10.1. The minimum absolute atomic E-state index is 0.151. The maximum atomic E-state index is 14.4. The molecule has 2 saturated heterocycles. The second-order valence-electron chi connectivity index (χ2n) is 7.73. The van der Waals surface area contributed by atoms with E-state index >= 15 is 0 Å². The molecule has 1 aromatic carbocycles. The topological polar surface area (TPSA) is 61.5 Å². The highest BCUT2D eigenvalue weighted by Gasteiger charge is 2.38. The van der Waals surface area contributed by atoms with Crippen molar-refractivity contribution in [2.45, 2.75) is 37.6 Å². The number of nitrogens with zero attached hydrogens (tertiary/aromatic N) is 3. The van der Waals surface area contributed by atoms with Crippen molar-refractivity contribution < 1.29 is 13.5 Å². The number of hydrogen-bond acceptors (Lipinski definition) is 5. The van der Waals surface area contributed by atoms with Crippen molar-refractivity contribution in [1.82, 2.24) is 9.97 Å². The molecule has 0 aliphatic carbocycles.